The fourth-order valence-corrected chi connectivity index (χ4v) is 8.31. The highest BCUT2D eigenvalue weighted by Crippen LogP contribution is 2.49. The molecule has 4 fully saturated rings. The molecule has 0 aliphatic heterocycles. The van der Waals surface area contributed by atoms with Gasteiger partial charge in [-0.15, -0.1) is 0 Å². The van der Waals surface area contributed by atoms with E-state index in [1.807, 2.05) is 6.92 Å². The highest BCUT2D eigenvalue weighted by molar-refractivity contribution is 4.92. The molecule has 30 heavy (non-hydrogen) atoms. The summed E-state index contributed by atoms with van der Waals surface area (Å²) in [7, 11) is 0. The molecule has 4 atom stereocenters. The molecule has 0 saturated heterocycles. The minimum absolute atomic E-state index is 0.00993. The molecule has 0 nitrogen and oxygen atoms in total. The first-order valence-corrected chi connectivity index (χ1v) is 13.8. The lowest BCUT2D eigenvalue weighted by Gasteiger charge is -2.44. The lowest BCUT2D eigenvalue weighted by Crippen LogP contribution is -2.41. The van der Waals surface area contributed by atoms with E-state index in [-0.39, 0.29) is 11.8 Å². The monoisotopic (exact) mass is 422 g/mol. The molecule has 0 N–H and O–H groups in total. The number of alkyl halides is 2. The average Bonchev–Trinajstić information content (AvgIpc) is 2.79. The number of halogens is 2. The van der Waals surface area contributed by atoms with Crippen molar-refractivity contribution in [1.82, 2.24) is 0 Å². The van der Waals surface area contributed by atoms with Crippen molar-refractivity contribution < 1.29 is 8.78 Å². The summed E-state index contributed by atoms with van der Waals surface area (Å²) in [6.45, 7) is 4.22. The molecular weight excluding hydrogens is 374 g/mol. The van der Waals surface area contributed by atoms with Gasteiger partial charge in [-0.25, -0.2) is 8.78 Å². The molecule has 0 bridgehead atoms. The van der Waals surface area contributed by atoms with Crippen LogP contribution >= 0.6 is 0 Å². The van der Waals surface area contributed by atoms with Crippen molar-refractivity contribution in [3.05, 3.63) is 0 Å². The molecule has 4 aliphatic carbocycles. The summed E-state index contributed by atoms with van der Waals surface area (Å²) in [6.07, 6.45) is 19.0. The molecule has 0 aromatic carbocycles. The van der Waals surface area contributed by atoms with Gasteiger partial charge in [-0.2, -0.15) is 0 Å². The highest BCUT2D eigenvalue weighted by atomic mass is 19.2. The Hall–Kier alpha value is -0.140. The Morgan fingerprint density at radius 3 is 1.43 bits per heavy atom. The van der Waals surface area contributed by atoms with Crippen LogP contribution in [0.2, 0.25) is 0 Å². The topological polar surface area (TPSA) is 0 Å². The largest absolute Gasteiger partial charge is 0.244 e. The first-order chi connectivity index (χ1) is 14.6. The zero-order valence-corrected chi connectivity index (χ0v) is 19.8. The summed E-state index contributed by atoms with van der Waals surface area (Å²) in [5, 5.41) is 0. The van der Waals surface area contributed by atoms with E-state index >= 15 is 0 Å². The second-order valence-corrected chi connectivity index (χ2v) is 12.0. The second-order valence-electron chi connectivity index (χ2n) is 12.0. The molecular formula is C28H48F2. The van der Waals surface area contributed by atoms with Crippen molar-refractivity contribution in [1.29, 1.82) is 0 Å². The van der Waals surface area contributed by atoms with Crippen molar-refractivity contribution in [3.8, 4) is 0 Å². The van der Waals surface area contributed by atoms with Gasteiger partial charge in [0.2, 0.25) is 0 Å². The van der Waals surface area contributed by atoms with Gasteiger partial charge in [0.05, 0.1) is 0 Å². The summed E-state index contributed by atoms with van der Waals surface area (Å²) in [4.78, 5) is 0. The third-order valence-electron chi connectivity index (χ3n) is 10.4. The van der Waals surface area contributed by atoms with E-state index in [1.54, 1.807) is 0 Å². The molecule has 4 saturated carbocycles. The number of hydrogen-bond acceptors (Lipinski definition) is 0. The Kier molecular flexibility index (Phi) is 8.18. The van der Waals surface area contributed by atoms with Crippen LogP contribution in [0.1, 0.15) is 117 Å². The van der Waals surface area contributed by atoms with E-state index in [9.17, 15) is 8.78 Å². The maximum absolute atomic E-state index is 14.6. The van der Waals surface area contributed by atoms with Gasteiger partial charge in [0.1, 0.15) is 12.3 Å². The predicted molar refractivity (Wildman–Crippen MR) is 123 cm³/mol. The summed E-state index contributed by atoms with van der Waals surface area (Å²) < 4.78 is 28.9. The minimum atomic E-state index is -1.21. The molecule has 4 unspecified atom stereocenters. The van der Waals surface area contributed by atoms with Gasteiger partial charge in [-0.05, 0) is 124 Å². The van der Waals surface area contributed by atoms with Crippen LogP contribution < -0.4 is 0 Å². The van der Waals surface area contributed by atoms with Gasteiger partial charge in [0, 0.05) is 0 Å². The van der Waals surface area contributed by atoms with Crippen molar-refractivity contribution >= 4 is 0 Å². The fraction of sp³-hybridized carbons (Fsp3) is 1.00. The van der Waals surface area contributed by atoms with Gasteiger partial charge < -0.3 is 0 Å². The lowest BCUT2D eigenvalue weighted by molar-refractivity contribution is -0.0106. The van der Waals surface area contributed by atoms with E-state index < -0.39 is 12.3 Å². The van der Waals surface area contributed by atoms with Crippen molar-refractivity contribution in [3.63, 3.8) is 0 Å². The molecule has 0 radical (unpaired) electrons. The molecule has 0 amide bonds. The highest BCUT2D eigenvalue weighted by Gasteiger charge is 2.43. The first-order valence-electron chi connectivity index (χ1n) is 13.8. The van der Waals surface area contributed by atoms with Crippen LogP contribution in [0.3, 0.4) is 0 Å². The lowest BCUT2D eigenvalue weighted by atomic mass is 9.63. The summed E-state index contributed by atoms with van der Waals surface area (Å²) >= 11 is 0. The fourth-order valence-electron chi connectivity index (χ4n) is 8.31. The minimum Gasteiger partial charge on any atom is -0.244 e. The predicted octanol–water partition coefficient (Wildman–Crippen LogP) is 8.93. The summed E-state index contributed by atoms with van der Waals surface area (Å²) in [6, 6.07) is 0. The molecule has 2 heteroatoms. The molecule has 0 aromatic rings. The maximum Gasteiger partial charge on any atom is 0.134 e. The van der Waals surface area contributed by atoms with Crippen LogP contribution in [-0.2, 0) is 0 Å². The molecule has 0 spiro atoms. The molecule has 0 aromatic heterocycles. The molecule has 4 aliphatic rings. The Morgan fingerprint density at radius 2 is 0.967 bits per heavy atom. The van der Waals surface area contributed by atoms with Gasteiger partial charge in [-0.3, -0.25) is 0 Å². The number of rotatable bonds is 5. The molecule has 174 valence electrons. The van der Waals surface area contributed by atoms with Crippen LogP contribution in [0.5, 0.6) is 0 Å². The van der Waals surface area contributed by atoms with Crippen LogP contribution in [0.25, 0.3) is 0 Å². The van der Waals surface area contributed by atoms with Gasteiger partial charge >= 0.3 is 0 Å². The van der Waals surface area contributed by atoms with Crippen LogP contribution in [0.15, 0.2) is 0 Å². The van der Waals surface area contributed by atoms with Crippen LogP contribution in [0.4, 0.5) is 8.78 Å². The SMILES string of the molecule is CCCC1CCC(C2CCC(C3CCC(C4CCC(C)C(F)C4F)CC3)CC2)CC1. The Balaban J connectivity index is 1.18. The zero-order valence-electron chi connectivity index (χ0n) is 19.8. The summed E-state index contributed by atoms with van der Waals surface area (Å²) in [5.41, 5.74) is 0. The van der Waals surface area contributed by atoms with Gasteiger partial charge in [0.25, 0.3) is 0 Å². The molecule has 4 rings (SSSR count). The average molecular weight is 423 g/mol. The quantitative estimate of drug-likeness (QED) is 0.415. The van der Waals surface area contributed by atoms with Crippen LogP contribution in [0, 0.1) is 47.3 Å². The smallest absolute Gasteiger partial charge is 0.134 e. The zero-order chi connectivity index (χ0) is 21.1. The van der Waals surface area contributed by atoms with Crippen molar-refractivity contribution in [2.24, 2.45) is 47.3 Å². The third kappa shape index (κ3) is 5.25. The normalized spacial score (nSPS) is 48.4. The third-order valence-corrected chi connectivity index (χ3v) is 10.4. The summed E-state index contributed by atoms with van der Waals surface area (Å²) in [5.74, 6) is 5.26. The molecule has 0 heterocycles. The standard InChI is InChI=1S/C28H48F2/c1-3-4-20-6-8-21(9-7-20)22-10-12-23(13-11-22)24-14-16-25(17-15-24)26-18-5-19(2)27(29)28(26)30/h19-28H,3-18H2,1-2H3. The van der Waals surface area contributed by atoms with Gasteiger partial charge in [0.15, 0.2) is 0 Å². The van der Waals surface area contributed by atoms with E-state index in [4.69, 9.17) is 0 Å². The van der Waals surface area contributed by atoms with Gasteiger partial charge in [-0.1, -0.05) is 39.5 Å². The Morgan fingerprint density at radius 1 is 0.533 bits per heavy atom. The van der Waals surface area contributed by atoms with Crippen molar-refractivity contribution in [2.45, 2.75) is 129 Å². The Labute approximate surface area is 185 Å². The first kappa shape index (κ1) is 23.0. The number of hydrogen-bond donors (Lipinski definition) is 0. The van der Waals surface area contributed by atoms with Crippen molar-refractivity contribution in [2.75, 3.05) is 0 Å². The van der Waals surface area contributed by atoms with E-state index in [0.717, 1.165) is 55.3 Å². The Bertz CT molecular complexity index is 495. The van der Waals surface area contributed by atoms with E-state index in [0.29, 0.717) is 5.92 Å². The maximum atomic E-state index is 14.6. The van der Waals surface area contributed by atoms with Crippen LogP contribution in [-0.4, -0.2) is 12.3 Å². The second kappa shape index (κ2) is 10.7. The van der Waals surface area contributed by atoms with E-state index in [2.05, 4.69) is 6.92 Å². The van der Waals surface area contributed by atoms with E-state index in [1.165, 1.54) is 77.0 Å².